The van der Waals surface area contributed by atoms with Crippen LogP contribution in [0.25, 0.3) is 21.8 Å². The minimum absolute atomic E-state index is 0.726. The van der Waals surface area contributed by atoms with Gasteiger partial charge in [0, 0.05) is 10.8 Å². The van der Waals surface area contributed by atoms with Gasteiger partial charge in [-0.1, -0.05) is 30.3 Å². The first-order valence-electron chi connectivity index (χ1n) is 5.49. The van der Waals surface area contributed by atoms with Crippen LogP contribution in [0.15, 0.2) is 42.5 Å². The molecule has 2 heteroatoms. The Morgan fingerprint density at radius 1 is 1.00 bits per heavy atom. The number of aryl methyl sites for hydroxylation is 1. The molecule has 0 saturated carbocycles. The minimum atomic E-state index is 0.726. The summed E-state index contributed by atoms with van der Waals surface area (Å²) in [5.41, 5.74) is 3.59. The standard InChI is InChI=1S/C15H10N2/c1-10-5-4-8-14-15(10)12(9-16)11-6-2-3-7-13(11)17-14/h2-8H,1H3. The molecule has 2 aromatic carbocycles. The van der Waals surface area contributed by atoms with Crippen molar-refractivity contribution in [2.24, 2.45) is 0 Å². The van der Waals surface area contributed by atoms with Crippen molar-refractivity contribution >= 4 is 21.8 Å². The molecule has 0 unspecified atom stereocenters. The van der Waals surface area contributed by atoms with Crippen LogP contribution in [0.2, 0.25) is 0 Å². The van der Waals surface area contributed by atoms with Gasteiger partial charge in [0.25, 0.3) is 0 Å². The lowest BCUT2D eigenvalue weighted by Crippen LogP contribution is -1.90. The van der Waals surface area contributed by atoms with Crippen LogP contribution in [-0.4, -0.2) is 4.98 Å². The van der Waals surface area contributed by atoms with Crippen LogP contribution < -0.4 is 0 Å². The Balaban J connectivity index is 2.66. The van der Waals surface area contributed by atoms with Gasteiger partial charge >= 0.3 is 0 Å². The number of fused-ring (bicyclic) bond motifs is 2. The molecule has 80 valence electrons. The van der Waals surface area contributed by atoms with Crippen molar-refractivity contribution < 1.29 is 0 Å². The molecule has 0 radical (unpaired) electrons. The normalized spacial score (nSPS) is 10.6. The Hall–Kier alpha value is -2.40. The number of hydrogen-bond donors (Lipinski definition) is 0. The molecule has 17 heavy (non-hydrogen) atoms. The Morgan fingerprint density at radius 3 is 2.59 bits per heavy atom. The molecule has 1 aromatic heterocycles. The lowest BCUT2D eigenvalue weighted by atomic mass is 10.0. The fourth-order valence-electron chi connectivity index (χ4n) is 2.23. The third-order valence-corrected chi connectivity index (χ3v) is 3.03. The average Bonchev–Trinajstić information content (AvgIpc) is 2.36. The Kier molecular flexibility index (Phi) is 2.06. The summed E-state index contributed by atoms with van der Waals surface area (Å²) in [6.07, 6.45) is 0. The molecule has 0 amide bonds. The van der Waals surface area contributed by atoms with Crippen LogP contribution in [0.4, 0.5) is 0 Å². The summed E-state index contributed by atoms with van der Waals surface area (Å²) in [4.78, 5) is 4.60. The van der Waals surface area contributed by atoms with Crippen LogP contribution in [0.1, 0.15) is 11.1 Å². The molecular formula is C15H10N2. The fraction of sp³-hybridized carbons (Fsp3) is 0.0667. The largest absolute Gasteiger partial charge is 0.248 e. The number of pyridine rings is 1. The summed E-state index contributed by atoms with van der Waals surface area (Å²) in [6, 6.07) is 16.0. The Labute approximate surface area is 99.1 Å². The molecule has 2 nitrogen and oxygen atoms in total. The van der Waals surface area contributed by atoms with Crippen molar-refractivity contribution in [1.82, 2.24) is 4.98 Å². The molecule has 3 aromatic rings. The van der Waals surface area contributed by atoms with Gasteiger partial charge in [-0.25, -0.2) is 4.98 Å². The number of nitriles is 1. The summed E-state index contributed by atoms with van der Waals surface area (Å²) >= 11 is 0. The molecule has 0 aliphatic carbocycles. The van der Waals surface area contributed by atoms with E-state index in [9.17, 15) is 5.26 Å². The van der Waals surface area contributed by atoms with Crippen molar-refractivity contribution in [2.45, 2.75) is 6.92 Å². The monoisotopic (exact) mass is 218 g/mol. The van der Waals surface area contributed by atoms with Gasteiger partial charge in [-0.3, -0.25) is 0 Å². The van der Waals surface area contributed by atoms with E-state index in [4.69, 9.17) is 0 Å². The van der Waals surface area contributed by atoms with E-state index in [0.29, 0.717) is 0 Å². The highest BCUT2D eigenvalue weighted by molar-refractivity contribution is 6.01. The molecule has 0 aliphatic heterocycles. The molecule has 0 saturated heterocycles. The summed E-state index contributed by atoms with van der Waals surface area (Å²) < 4.78 is 0. The van der Waals surface area contributed by atoms with Gasteiger partial charge in [-0.05, 0) is 24.6 Å². The molecule has 0 spiro atoms. The van der Waals surface area contributed by atoms with Gasteiger partial charge in [0.05, 0.1) is 16.6 Å². The van der Waals surface area contributed by atoms with Gasteiger partial charge in [0.1, 0.15) is 6.07 Å². The lowest BCUT2D eigenvalue weighted by Gasteiger charge is -2.07. The van der Waals surface area contributed by atoms with E-state index < -0.39 is 0 Å². The van der Waals surface area contributed by atoms with E-state index in [0.717, 1.165) is 32.9 Å². The number of aromatic nitrogens is 1. The van der Waals surface area contributed by atoms with E-state index in [1.165, 1.54) is 0 Å². The zero-order valence-electron chi connectivity index (χ0n) is 9.44. The van der Waals surface area contributed by atoms with E-state index in [1.807, 2.05) is 49.4 Å². The smallest absolute Gasteiger partial charge is 0.101 e. The topological polar surface area (TPSA) is 36.7 Å². The number of para-hydroxylation sites is 1. The molecule has 0 bridgehead atoms. The van der Waals surface area contributed by atoms with Crippen molar-refractivity contribution in [3.05, 3.63) is 53.6 Å². The minimum Gasteiger partial charge on any atom is -0.248 e. The average molecular weight is 218 g/mol. The fourth-order valence-corrected chi connectivity index (χ4v) is 2.23. The van der Waals surface area contributed by atoms with Gasteiger partial charge in [-0.2, -0.15) is 5.26 Å². The quantitative estimate of drug-likeness (QED) is 0.541. The first-order chi connectivity index (χ1) is 8.31. The number of benzene rings is 2. The third kappa shape index (κ3) is 1.37. The molecule has 0 fully saturated rings. The zero-order chi connectivity index (χ0) is 11.8. The van der Waals surface area contributed by atoms with Gasteiger partial charge < -0.3 is 0 Å². The van der Waals surface area contributed by atoms with Crippen molar-refractivity contribution in [3.63, 3.8) is 0 Å². The highest BCUT2D eigenvalue weighted by atomic mass is 14.7. The first kappa shape index (κ1) is 9.80. The highest BCUT2D eigenvalue weighted by Crippen LogP contribution is 2.27. The molecule has 3 rings (SSSR count). The van der Waals surface area contributed by atoms with Crippen LogP contribution in [0.5, 0.6) is 0 Å². The van der Waals surface area contributed by atoms with Crippen LogP contribution in [-0.2, 0) is 0 Å². The Morgan fingerprint density at radius 2 is 1.76 bits per heavy atom. The molecule has 0 N–H and O–H groups in total. The zero-order valence-corrected chi connectivity index (χ0v) is 9.44. The first-order valence-corrected chi connectivity index (χ1v) is 5.49. The molecule has 0 aliphatic rings. The van der Waals surface area contributed by atoms with Crippen LogP contribution >= 0.6 is 0 Å². The van der Waals surface area contributed by atoms with E-state index >= 15 is 0 Å². The molecular weight excluding hydrogens is 208 g/mol. The SMILES string of the molecule is Cc1cccc2nc3ccccc3c(C#N)c12. The summed E-state index contributed by atoms with van der Waals surface area (Å²) in [6.45, 7) is 2.01. The number of hydrogen-bond acceptors (Lipinski definition) is 2. The third-order valence-electron chi connectivity index (χ3n) is 3.03. The summed E-state index contributed by atoms with van der Waals surface area (Å²) in [5.74, 6) is 0. The lowest BCUT2D eigenvalue weighted by molar-refractivity contribution is 1.43. The highest BCUT2D eigenvalue weighted by Gasteiger charge is 2.09. The second kappa shape index (κ2) is 3.57. The van der Waals surface area contributed by atoms with Gasteiger partial charge in [-0.15, -0.1) is 0 Å². The number of nitrogens with zero attached hydrogens (tertiary/aromatic N) is 2. The van der Waals surface area contributed by atoms with Crippen LogP contribution in [0, 0.1) is 18.3 Å². The summed E-state index contributed by atoms with van der Waals surface area (Å²) in [5, 5.41) is 11.3. The maximum absolute atomic E-state index is 9.38. The summed E-state index contributed by atoms with van der Waals surface area (Å²) in [7, 11) is 0. The van der Waals surface area contributed by atoms with Crippen molar-refractivity contribution in [1.29, 1.82) is 5.26 Å². The maximum atomic E-state index is 9.38. The van der Waals surface area contributed by atoms with E-state index in [2.05, 4.69) is 11.1 Å². The van der Waals surface area contributed by atoms with E-state index in [-0.39, 0.29) is 0 Å². The van der Waals surface area contributed by atoms with Crippen molar-refractivity contribution in [2.75, 3.05) is 0 Å². The van der Waals surface area contributed by atoms with E-state index in [1.54, 1.807) is 0 Å². The predicted octanol–water partition coefficient (Wildman–Crippen LogP) is 3.57. The maximum Gasteiger partial charge on any atom is 0.101 e. The van der Waals surface area contributed by atoms with Gasteiger partial charge in [0.2, 0.25) is 0 Å². The number of rotatable bonds is 0. The van der Waals surface area contributed by atoms with Crippen molar-refractivity contribution in [3.8, 4) is 6.07 Å². The second-order valence-corrected chi connectivity index (χ2v) is 4.08. The molecule has 0 atom stereocenters. The second-order valence-electron chi connectivity index (χ2n) is 4.08. The molecule has 1 heterocycles. The Bertz CT molecular complexity index is 767. The predicted molar refractivity (Wildman–Crippen MR) is 68.7 cm³/mol. The van der Waals surface area contributed by atoms with Gasteiger partial charge in [0.15, 0.2) is 0 Å². The van der Waals surface area contributed by atoms with Crippen LogP contribution in [0.3, 0.4) is 0 Å².